The average molecular weight is 400 g/mol. The third-order valence-electron chi connectivity index (χ3n) is 3.66. The van der Waals surface area contributed by atoms with Gasteiger partial charge in [-0.25, -0.2) is 0 Å². The van der Waals surface area contributed by atoms with Gasteiger partial charge in [-0.15, -0.1) is 0 Å². The van der Waals surface area contributed by atoms with Crippen LogP contribution >= 0.6 is 22.6 Å². The summed E-state index contributed by atoms with van der Waals surface area (Å²) in [5, 5.41) is 2.37. The Morgan fingerprint density at radius 2 is 1.64 bits per heavy atom. The minimum absolute atomic E-state index is 0.637. The summed E-state index contributed by atoms with van der Waals surface area (Å²) in [4.78, 5) is 0. The summed E-state index contributed by atoms with van der Waals surface area (Å²) in [6.07, 6.45) is 0.823. The molecule has 0 aliphatic heterocycles. The Morgan fingerprint density at radius 1 is 0.909 bits per heavy atom. The molecule has 0 aliphatic rings. The normalized spacial score (nSPS) is 10.6. The van der Waals surface area contributed by atoms with Crippen LogP contribution in [0.25, 0.3) is 16.3 Å². The number of ether oxygens (including phenoxy) is 1. The first kappa shape index (κ1) is 15.1. The molecule has 0 aromatic heterocycles. The van der Waals surface area contributed by atoms with Crippen molar-refractivity contribution in [1.82, 2.24) is 0 Å². The molecule has 0 spiro atoms. The van der Waals surface area contributed by atoms with E-state index in [0.717, 1.165) is 21.3 Å². The first-order valence-electron chi connectivity index (χ1n) is 7.29. The van der Waals surface area contributed by atoms with E-state index in [-0.39, 0.29) is 0 Å². The van der Waals surface area contributed by atoms with E-state index in [2.05, 4.69) is 71.6 Å². The van der Waals surface area contributed by atoms with Gasteiger partial charge in [0.2, 0.25) is 0 Å². The molecule has 22 heavy (non-hydrogen) atoms. The molecule has 0 aliphatic carbocycles. The van der Waals surface area contributed by atoms with Crippen LogP contribution in [0.15, 0.2) is 73.3 Å². The Hall–Kier alpha value is -1.81. The molecule has 0 N–H and O–H groups in total. The first-order valence-corrected chi connectivity index (χ1v) is 8.37. The van der Waals surface area contributed by atoms with Gasteiger partial charge in [0.05, 0.1) is 10.2 Å². The van der Waals surface area contributed by atoms with E-state index in [1.807, 2.05) is 24.3 Å². The molecule has 0 saturated heterocycles. The third-order valence-corrected chi connectivity index (χ3v) is 4.51. The molecule has 3 rings (SSSR count). The van der Waals surface area contributed by atoms with Gasteiger partial charge in [0.25, 0.3) is 0 Å². The molecule has 2 heteroatoms. The van der Waals surface area contributed by atoms with Crippen molar-refractivity contribution in [2.75, 3.05) is 6.61 Å². The van der Waals surface area contributed by atoms with Crippen LogP contribution in [0.4, 0.5) is 0 Å². The Morgan fingerprint density at radius 3 is 2.45 bits per heavy atom. The van der Waals surface area contributed by atoms with E-state index in [9.17, 15) is 0 Å². The maximum absolute atomic E-state index is 6.07. The molecule has 0 unspecified atom stereocenters. The van der Waals surface area contributed by atoms with Crippen molar-refractivity contribution >= 4 is 38.9 Å². The molecule has 0 saturated carbocycles. The van der Waals surface area contributed by atoms with Crippen molar-refractivity contribution in [3.8, 4) is 5.75 Å². The van der Waals surface area contributed by atoms with E-state index >= 15 is 0 Å². The summed E-state index contributed by atoms with van der Waals surface area (Å²) >= 11 is 2.33. The van der Waals surface area contributed by atoms with Gasteiger partial charge in [0, 0.05) is 11.8 Å². The van der Waals surface area contributed by atoms with Gasteiger partial charge in [0.1, 0.15) is 5.75 Å². The van der Waals surface area contributed by atoms with Crippen LogP contribution in [0.3, 0.4) is 0 Å². The smallest absolute Gasteiger partial charge is 0.140 e. The summed E-state index contributed by atoms with van der Waals surface area (Å²) in [5.74, 6) is 0.972. The summed E-state index contributed by atoms with van der Waals surface area (Å²) in [7, 11) is 0. The number of rotatable bonds is 5. The van der Waals surface area contributed by atoms with Gasteiger partial charge in [-0.3, -0.25) is 0 Å². The predicted molar refractivity (Wildman–Crippen MR) is 102 cm³/mol. The molecule has 110 valence electrons. The highest BCUT2D eigenvalue weighted by atomic mass is 127. The lowest BCUT2D eigenvalue weighted by Crippen LogP contribution is -2.00. The minimum atomic E-state index is 0.637. The summed E-state index contributed by atoms with van der Waals surface area (Å²) in [6, 6.07) is 22.8. The lowest BCUT2D eigenvalue weighted by molar-refractivity contribution is 0.329. The van der Waals surface area contributed by atoms with E-state index in [4.69, 9.17) is 4.74 Å². The zero-order chi connectivity index (χ0) is 15.4. The van der Waals surface area contributed by atoms with Crippen LogP contribution in [0.2, 0.25) is 0 Å². The Bertz CT molecular complexity index is 793. The van der Waals surface area contributed by atoms with Crippen molar-refractivity contribution in [3.63, 3.8) is 0 Å². The fourth-order valence-electron chi connectivity index (χ4n) is 2.46. The summed E-state index contributed by atoms with van der Waals surface area (Å²) < 4.78 is 7.21. The number of halogens is 1. The zero-order valence-electron chi connectivity index (χ0n) is 12.3. The zero-order valence-corrected chi connectivity index (χ0v) is 14.4. The molecular formula is C20H17IO. The van der Waals surface area contributed by atoms with Gasteiger partial charge >= 0.3 is 0 Å². The molecule has 0 amide bonds. The SMILES string of the molecule is C=C(CCOc1c(I)ccc2ccccc12)c1ccccc1. The average Bonchev–Trinajstić information content (AvgIpc) is 2.57. The highest BCUT2D eigenvalue weighted by molar-refractivity contribution is 14.1. The van der Waals surface area contributed by atoms with Crippen LogP contribution in [-0.2, 0) is 0 Å². The highest BCUT2D eigenvalue weighted by Gasteiger charge is 2.07. The van der Waals surface area contributed by atoms with Crippen molar-refractivity contribution < 1.29 is 4.74 Å². The maximum atomic E-state index is 6.07. The Balaban J connectivity index is 1.72. The lowest BCUT2D eigenvalue weighted by Gasteiger charge is -2.12. The molecular weight excluding hydrogens is 383 g/mol. The molecule has 0 heterocycles. The van der Waals surface area contributed by atoms with Gasteiger partial charge in [-0.2, -0.15) is 0 Å². The highest BCUT2D eigenvalue weighted by Crippen LogP contribution is 2.31. The summed E-state index contributed by atoms with van der Waals surface area (Å²) in [5.41, 5.74) is 2.29. The molecule has 0 bridgehead atoms. The van der Waals surface area contributed by atoms with Gasteiger partial charge in [-0.05, 0) is 45.2 Å². The minimum Gasteiger partial charge on any atom is -0.491 e. The van der Waals surface area contributed by atoms with Gasteiger partial charge in [-0.1, -0.05) is 67.2 Å². The molecule has 3 aromatic carbocycles. The van der Waals surface area contributed by atoms with E-state index in [0.29, 0.717) is 6.61 Å². The molecule has 3 aromatic rings. The number of fused-ring (bicyclic) bond motifs is 1. The first-order chi connectivity index (χ1) is 10.8. The van der Waals surface area contributed by atoms with Gasteiger partial charge in [0.15, 0.2) is 0 Å². The van der Waals surface area contributed by atoms with Crippen molar-refractivity contribution in [3.05, 3.63) is 82.4 Å². The largest absolute Gasteiger partial charge is 0.491 e. The second kappa shape index (κ2) is 6.97. The standard InChI is InChI=1S/C20H17IO/c1-15(16-7-3-2-4-8-16)13-14-22-20-18-10-6-5-9-17(18)11-12-19(20)21/h2-12H,1,13-14H2. The quantitative estimate of drug-likeness (QED) is 0.483. The Kier molecular flexibility index (Phi) is 4.78. The lowest BCUT2D eigenvalue weighted by atomic mass is 10.1. The number of hydrogen-bond acceptors (Lipinski definition) is 1. The van der Waals surface area contributed by atoms with E-state index in [1.54, 1.807) is 0 Å². The van der Waals surface area contributed by atoms with Crippen LogP contribution in [0, 0.1) is 3.57 Å². The fourth-order valence-corrected chi connectivity index (χ4v) is 3.08. The van der Waals surface area contributed by atoms with Crippen LogP contribution in [-0.4, -0.2) is 6.61 Å². The van der Waals surface area contributed by atoms with Gasteiger partial charge < -0.3 is 4.74 Å². The topological polar surface area (TPSA) is 9.23 Å². The molecule has 0 atom stereocenters. The molecule has 0 radical (unpaired) electrons. The van der Waals surface area contributed by atoms with Crippen LogP contribution < -0.4 is 4.74 Å². The number of hydrogen-bond donors (Lipinski definition) is 0. The van der Waals surface area contributed by atoms with Crippen molar-refractivity contribution in [2.24, 2.45) is 0 Å². The van der Waals surface area contributed by atoms with Crippen molar-refractivity contribution in [1.29, 1.82) is 0 Å². The fraction of sp³-hybridized carbons (Fsp3) is 0.100. The second-order valence-corrected chi connectivity index (χ2v) is 6.33. The van der Waals surface area contributed by atoms with Crippen LogP contribution in [0.1, 0.15) is 12.0 Å². The van der Waals surface area contributed by atoms with E-state index < -0.39 is 0 Å². The molecule has 1 nitrogen and oxygen atoms in total. The van der Waals surface area contributed by atoms with Crippen LogP contribution in [0.5, 0.6) is 5.75 Å². The third kappa shape index (κ3) is 3.33. The monoisotopic (exact) mass is 400 g/mol. The summed E-state index contributed by atoms with van der Waals surface area (Å²) in [6.45, 7) is 4.80. The maximum Gasteiger partial charge on any atom is 0.140 e. The van der Waals surface area contributed by atoms with Crippen molar-refractivity contribution in [2.45, 2.75) is 6.42 Å². The molecule has 0 fully saturated rings. The second-order valence-electron chi connectivity index (χ2n) is 5.17. The predicted octanol–water partition coefficient (Wildman–Crippen LogP) is 5.93. The Labute approximate surface area is 144 Å². The number of benzene rings is 3. The van der Waals surface area contributed by atoms with E-state index in [1.165, 1.54) is 16.3 Å².